The van der Waals surface area contributed by atoms with Gasteiger partial charge in [-0.2, -0.15) is 0 Å². The van der Waals surface area contributed by atoms with Crippen LogP contribution in [0.25, 0.3) is 0 Å². The molecular weight excluding hydrogens is 274 g/mol. The molecule has 0 aromatic heterocycles. The van der Waals surface area contributed by atoms with Gasteiger partial charge in [-0.15, -0.1) is 0 Å². The summed E-state index contributed by atoms with van der Waals surface area (Å²) in [5.41, 5.74) is 1.98. The molecule has 0 unspecified atom stereocenters. The number of nitrogens with one attached hydrogen (secondary N) is 3. The molecule has 1 fully saturated rings. The van der Waals surface area contributed by atoms with Gasteiger partial charge in [0, 0.05) is 5.33 Å². The van der Waals surface area contributed by atoms with E-state index in [0.29, 0.717) is 0 Å². The molecule has 1 aliphatic rings. The van der Waals surface area contributed by atoms with Crippen LogP contribution in [-0.4, -0.2) is 12.1 Å². The summed E-state index contributed by atoms with van der Waals surface area (Å²) >= 11 is 3.35. The lowest BCUT2D eigenvalue weighted by Crippen LogP contribution is -2.56. The van der Waals surface area contributed by atoms with Crippen LogP contribution in [0.2, 0.25) is 0 Å². The van der Waals surface area contributed by atoms with E-state index in [1.165, 1.54) is 0 Å². The lowest BCUT2D eigenvalue weighted by atomic mass is 10.1. The first kappa shape index (κ1) is 10.9. The van der Waals surface area contributed by atoms with Crippen molar-refractivity contribution in [2.45, 2.75) is 11.5 Å². The van der Waals surface area contributed by atoms with Crippen molar-refractivity contribution in [2.75, 3.05) is 0 Å². The van der Waals surface area contributed by atoms with Crippen LogP contribution >= 0.6 is 15.9 Å². The predicted molar refractivity (Wildman–Crippen MR) is 62.0 cm³/mol. The summed E-state index contributed by atoms with van der Waals surface area (Å²) in [5.74, 6) is 0. The summed E-state index contributed by atoms with van der Waals surface area (Å²) in [5, 5.41) is 8.08. The van der Waals surface area contributed by atoms with Gasteiger partial charge in [0.15, 0.2) is 0 Å². The Morgan fingerprint density at radius 1 is 1.06 bits per heavy atom. The minimum Gasteiger partial charge on any atom is -0.313 e. The number of hydrogen-bond donors (Lipinski definition) is 3. The van der Waals surface area contributed by atoms with Gasteiger partial charge >= 0.3 is 12.1 Å². The Morgan fingerprint density at radius 3 is 2.12 bits per heavy atom. The van der Waals surface area contributed by atoms with Crippen LogP contribution < -0.4 is 16.0 Å². The van der Waals surface area contributed by atoms with Crippen molar-refractivity contribution in [3.63, 3.8) is 0 Å². The van der Waals surface area contributed by atoms with E-state index in [9.17, 15) is 9.59 Å². The Labute approximate surface area is 101 Å². The summed E-state index contributed by atoms with van der Waals surface area (Å²) in [6.07, 6.45) is -0.467. The average molecular weight is 284 g/mol. The Morgan fingerprint density at radius 2 is 1.62 bits per heavy atom. The van der Waals surface area contributed by atoms with E-state index in [4.69, 9.17) is 0 Å². The molecule has 0 radical (unpaired) electrons. The Kier molecular flexibility index (Phi) is 3.09. The molecule has 84 valence electrons. The maximum atomic E-state index is 11.1. The molecule has 1 saturated heterocycles. The fourth-order valence-corrected chi connectivity index (χ4v) is 1.81. The number of amides is 4. The highest BCUT2D eigenvalue weighted by Crippen LogP contribution is 2.14. The summed E-state index contributed by atoms with van der Waals surface area (Å²) in [7, 11) is 0. The minimum atomic E-state index is -0.488. The highest BCUT2D eigenvalue weighted by Gasteiger charge is 2.23. The minimum absolute atomic E-state index is 0.467. The molecule has 6 heteroatoms. The smallest absolute Gasteiger partial charge is 0.313 e. The second-order valence-corrected chi connectivity index (χ2v) is 3.94. The fraction of sp³-hybridized carbons (Fsp3) is 0.200. The van der Waals surface area contributed by atoms with E-state index in [1.54, 1.807) is 0 Å². The van der Waals surface area contributed by atoms with Gasteiger partial charge in [-0.25, -0.2) is 9.59 Å². The van der Waals surface area contributed by atoms with E-state index in [2.05, 4.69) is 31.9 Å². The van der Waals surface area contributed by atoms with E-state index < -0.39 is 18.2 Å². The zero-order chi connectivity index (χ0) is 11.5. The number of urea groups is 2. The van der Waals surface area contributed by atoms with E-state index in [-0.39, 0.29) is 0 Å². The summed E-state index contributed by atoms with van der Waals surface area (Å²) < 4.78 is 0. The van der Waals surface area contributed by atoms with Crippen LogP contribution in [0.1, 0.15) is 17.3 Å². The highest BCUT2D eigenvalue weighted by molar-refractivity contribution is 9.08. The van der Waals surface area contributed by atoms with Crippen LogP contribution in [-0.2, 0) is 5.33 Å². The monoisotopic (exact) mass is 283 g/mol. The standard InChI is InChI=1S/C10H10BrN3O2/c11-5-6-1-3-7(4-2-6)8-12-9(15)14-10(16)13-8/h1-4,8H,5H2,(H3,12,13,14,15,16). The number of hydrogen-bond acceptors (Lipinski definition) is 2. The Bertz CT molecular complexity index is 403. The molecule has 16 heavy (non-hydrogen) atoms. The average Bonchev–Trinajstić information content (AvgIpc) is 2.28. The number of benzene rings is 1. The summed E-state index contributed by atoms with van der Waals surface area (Å²) in [6, 6.07) is 6.63. The maximum absolute atomic E-state index is 11.1. The molecule has 5 nitrogen and oxygen atoms in total. The third-order valence-electron chi connectivity index (χ3n) is 2.25. The third kappa shape index (κ3) is 2.33. The van der Waals surface area contributed by atoms with Gasteiger partial charge in [0.25, 0.3) is 0 Å². The molecule has 0 aliphatic carbocycles. The second-order valence-electron chi connectivity index (χ2n) is 3.38. The van der Waals surface area contributed by atoms with Crippen molar-refractivity contribution in [3.05, 3.63) is 35.4 Å². The van der Waals surface area contributed by atoms with E-state index in [0.717, 1.165) is 16.5 Å². The van der Waals surface area contributed by atoms with Gasteiger partial charge in [0.05, 0.1) is 0 Å². The molecule has 0 atom stereocenters. The summed E-state index contributed by atoms with van der Waals surface area (Å²) in [6.45, 7) is 0. The van der Waals surface area contributed by atoms with Crippen molar-refractivity contribution in [1.29, 1.82) is 0 Å². The summed E-state index contributed by atoms with van der Waals surface area (Å²) in [4.78, 5) is 22.2. The van der Waals surface area contributed by atoms with E-state index >= 15 is 0 Å². The molecule has 0 bridgehead atoms. The Hall–Kier alpha value is -1.56. The maximum Gasteiger partial charge on any atom is 0.324 e. The van der Waals surface area contributed by atoms with Crippen LogP contribution in [0.5, 0.6) is 0 Å². The van der Waals surface area contributed by atoms with Crippen molar-refractivity contribution < 1.29 is 9.59 Å². The number of alkyl halides is 1. The van der Waals surface area contributed by atoms with E-state index in [1.807, 2.05) is 24.3 Å². The van der Waals surface area contributed by atoms with Crippen molar-refractivity contribution in [3.8, 4) is 0 Å². The largest absolute Gasteiger partial charge is 0.324 e. The zero-order valence-electron chi connectivity index (χ0n) is 8.29. The van der Waals surface area contributed by atoms with Crippen molar-refractivity contribution >= 4 is 28.0 Å². The van der Waals surface area contributed by atoms with Gasteiger partial charge in [-0.3, -0.25) is 5.32 Å². The normalized spacial score (nSPS) is 16.3. The van der Waals surface area contributed by atoms with Crippen LogP contribution in [0.3, 0.4) is 0 Å². The lowest BCUT2D eigenvalue weighted by Gasteiger charge is -2.25. The molecule has 4 amide bonds. The number of carbonyl (C=O) groups excluding carboxylic acids is 2. The molecular formula is C10H10BrN3O2. The highest BCUT2D eigenvalue weighted by atomic mass is 79.9. The van der Waals surface area contributed by atoms with Gasteiger partial charge in [0.2, 0.25) is 0 Å². The van der Waals surface area contributed by atoms with Gasteiger partial charge in [-0.1, -0.05) is 40.2 Å². The first-order valence-electron chi connectivity index (χ1n) is 4.72. The second kappa shape index (κ2) is 4.52. The molecule has 1 aliphatic heterocycles. The quantitative estimate of drug-likeness (QED) is 0.722. The topological polar surface area (TPSA) is 70.2 Å². The van der Waals surface area contributed by atoms with Crippen LogP contribution in [0, 0.1) is 0 Å². The molecule has 0 spiro atoms. The molecule has 1 aromatic carbocycles. The number of halogens is 1. The molecule has 3 N–H and O–H groups in total. The third-order valence-corrected chi connectivity index (χ3v) is 2.89. The molecule has 1 heterocycles. The number of rotatable bonds is 2. The lowest BCUT2D eigenvalue weighted by molar-refractivity contribution is 0.209. The van der Waals surface area contributed by atoms with Gasteiger partial charge < -0.3 is 10.6 Å². The molecule has 1 aromatic rings. The van der Waals surface area contributed by atoms with Gasteiger partial charge in [-0.05, 0) is 11.1 Å². The predicted octanol–water partition coefficient (Wildman–Crippen LogP) is 1.60. The van der Waals surface area contributed by atoms with Crippen molar-refractivity contribution in [1.82, 2.24) is 16.0 Å². The molecule has 2 rings (SSSR count). The first-order chi connectivity index (χ1) is 7.69. The molecule has 0 saturated carbocycles. The van der Waals surface area contributed by atoms with Crippen molar-refractivity contribution in [2.24, 2.45) is 0 Å². The SMILES string of the molecule is O=C1NC(=O)NC(c2ccc(CBr)cc2)N1. The fourth-order valence-electron chi connectivity index (χ4n) is 1.44. The first-order valence-corrected chi connectivity index (χ1v) is 5.84. The Balaban J connectivity index is 2.16. The number of imide groups is 1. The zero-order valence-corrected chi connectivity index (χ0v) is 9.87. The number of carbonyl (C=O) groups is 2. The van der Waals surface area contributed by atoms with Crippen LogP contribution in [0.4, 0.5) is 9.59 Å². The van der Waals surface area contributed by atoms with Gasteiger partial charge in [0.1, 0.15) is 6.17 Å². The van der Waals surface area contributed by atoms with Crippen LogP contribution in [0.15, 0.2) is 24.3 Å².